The quantitative estimate of drug-likeness (QED) is 0.546. The number of hydrogen-bond donors (Lipinski definition) is 0. The highest BCUT2D eigenvalue weighted by Gasteiger charge is 2.39. The van der Waals surface area contributed by atoms with Crippen LogP contribution in [0.5, 0.6) is 0 Å². The van der Waals surface area contributed by atoms with Crippen LogP contribution in [-0.4, -0.2) is 30.4 Å². The van der Waals surface area contributed by atoms with Crippen LogP contribution in [0, 0.1) is 0 Å². The summed E-state index contributed by atoms with van der Waals surface area (Å²) in [6.07, 6.45) is 7.25. The van der Waals surface area contributed by atoms with Gasteiger partial charge in [-0.15, -0.1) is 0 Å². The molecule has 3 heteroatoms. The minimum atomic E-state index is -0.297. The van der Waals surface area contributed by atoms with E-state index in [4.69, 9.17) is 9.57 Å². The van der Waals surface area contributed by atoms with Gasteiger partial charge in [-0.05, 0) is 58.1 Å². The standard InChI is InChI=1S/C21H33NO2/c1-7-17(2)22(5)24-20(3,4)16-21(23-6)14-10-13-18-11-8-9-12-19(18)15-21/h7-9,11-12H,10,13-16H2,1-6H3. The van der Waals surface area contributed by atoms with E-state index in [9.17, 15) is 0 Å². The number of nitrogens with zero attached hydrogens (tertiary/aromatic N) is 1. The summed E-state index contributed by atoms with van der Waals surface area (Å²) in [7, 11) is 3.82. The molecular formula is C21H33NO2. The zero-order valence-corrected chi connectivity index (χ0v) is 16.2. The van der Waals surface area contributed by atoms with Crippen LogP contribution in [0.2, 0.25) is 0 Å². The number of aryl methyl sites for hydroxylation is 1. The van der Waals surface area contributed by atoms with Crippen LogP contribution in [0.3, 0.4) is 0 Å². The number of rotatable bonds is 6. The van der Waals surface area contributed by atoms with Gasteiger partial charge in [0.25, 0.3) is 0 Å². The first-order valence-electron chi connectivity index (χ1n) is 8.98. The Morgan fingerprint density at radius 2 is 1.96 bits per heavy atom. The second-order valence-corrected chi connectivity index (χ2v) is 7.64. The molecule has 0 N–H and O–H groups in total. The topological polar surface area (TPSA) is 21.7 Å². The van der Waals surface area contributed by atoms with Gasteiger partial charge in [-0.2, -0.15) is 0 Å². The van der Waals surface area contributed by atoms with Crippen LogP contribution in [0.4, 0.5) is 0 Å². The lowest BCUT2D eigenvalue weighted by molar-refractivity contribution is -0.221. The molecule has 24 heavy (non-hydrogen) atoms. The van der Waals surface area contributed by atoms with Gasteiger partial charge in [-0.1, -0.05) is 30.3 Å². The fourth-order valence-electron chi connectivity index (χ4n) is 3.84. The van der Waals surface area contributed by atoms with Crippen molar-refractivity contribution in [2.24, 2.45) is 0 Å². The fraction of sp³-hybridized carbons (Fsp3) is 0.619. The summed E-state index contributed by atoms with van der Waals surface area (Å²) in [6, 6.07) is 8.78. The molecule has 0 saturated carbocycles. The Hall–Kier alpha value is -1.32. The number of benzene rings is 1. The van der Waals surface area contributed by atoms with Crippen LogP contribution in [0.25, 0.3) is 0 Å². The van der Waals surface area contributed by atoms with Crippen molar-refractivity contribution < 1.29 is 9.57 Å². The Kier molecular flexibility index (Phi) is 6.11. The Morgan fingerprint density at radius 3 is 2.58 bits per heavy atom. The normalized spacial score (nSPS) is 22.0. The van der Waals surface area contributed by atoms with Crippen molar-refractivity contribution in [3.05, 3.63) is 47.2 Å². The maximum atomic E-state index is 6.23. The van der Waals surface area contributed by atoms with E-state index in [0.717, 1.165) is 37.8 Å². The Balaban J connectivity index is 2.18. The maximum absolute atomic E-state index is 6.23. The largest absolute Gasteiger partial charge is 0.378 e. The van der Waals surface area contributed by atoms with Crippen LogP contribution in [0.1, 0.15) is 58.1 Å². The third-order valence-electron chi connectivity index (χ3n) is 5.19. The summed E-state index contributed by atoms with van der Waals surface area (Å²) >= 11 is 0. The molecule has 0 heterocycles. The summed E-state index contributed by atoms with van der Waals surface area (Å²) in [5, 5.41) is 1.87. The van der Waals surface area contributed by atoms with Crippen molar-refractivity contribution >= 4 is 0 Å². The molecule has 1 aliphatic carbocycles. The second-order valence-electron chi connectivity index (χ2n) is 7.64. The lowest BCUT2D eigenvalue weighted by Crippen LogP contribution is -2.44. The molecule has 0 aromatic heterocycles. The van der Waals surface area contributed by atoms with Gasteiger partial charge < -0.3 is 4.74 Å². The molecule has 1 aromatic rings. The first-order chi connectivity index (χ1) is 11.3. The highest BCUT2D eigenvalue weighted by molar-refractivity contribution is 5.30. The highest BCUT2D eigenvalue weighted by atomic mass is 16.7. The number of ether oxygens (including phenoxy) is 1. The van der Waals surface area contributed by atoms with E-state index in [1.54, 1.807) is 0 Å². The summed E-state index contributed by atoms with van der Waals surface area (Å²) < 4.78 is 6.11. The van der Waals surface area contributed by atoms with Gasteiger partial charge in [0.2, 0.25) is 0 Å². The van der Waals surface area contributed by atoms with E-state index in [2.05, 4.69) is 51.1 Å². The van der Waals surface area contributed by atoms with E-state index >= 15 is 0 Å². The Labute approximate surface area is 147 Å². The molecule has 2 rings (SSSR count). The molecule has 0 aliphatic heterocycles. The average Bonchev–Trinajstić information content (AvgIpc) is 2.72. The Bertz CT molecular complexity index is 579. The monoisotopic (exact) mass is 331 g/mol. The predicted octanol–water partition coefficient (Wildman–Crippen LogP) is 4.91. The van der Waals surface area contributed by atoms with Crippen LogP contribution < -0.4 is 0 Å². The predicted molar refractivity (Wildman–Crippen MR) is 99.8 cm³/mol. The molecule has 1 aromatic carbocycles. The minimum Gasteiger partial charge on any atom is -0.378 e. The molecule has 0 fully saturated rings. The lowest BCUT2D eigenvalue weighted by Gasteiger charge is -2.40. The minimum absolute atomic E-state index is 0.166. The Morgan fingerprint density at radius 1 is 1.29 bits per heavy atom. The van der Waals surface area contributed by atoms with Crippen LogP contribution >= 0.6 is 0 Å². The molecule has 0 bridgehead atoms. The third-order valence-corrected chi connectivity index (χ3v) is 5.19. The van der Waals surface area contributed by atoms with Gasteiger partial charge >= 0.3 is 0 Å². The zero-order valence-electron chi connectivity index (χ0n) is 16.2. The van der Waals surface area contributed by atoms with E-state index in [1.165, 1.54) is 11.1 Å². The first kappa shape index (κ1) is 19.0. The number of hydrogen-bond acceptors (Lipinski definition) is 3. The summed E-state index contributed by atoms with van der Waals surface area (Å²) in [6.45, 7) is 8.40. The van der Waals surface area contributed by atoms with Crippen molar-refractivity contribution in [3.8, 4) is 0 Å². The van der Waals surface area contributed by atoms with Crippen molar-refractivity contribution in [1.82, 2.24) is 5.06 Å². The van der Waals surface area contributed by atoms with Crippen molar-refractivity contribution in [3.63, 3.8) is 0 Å². The van der Waals surface area contributed by atoms with E-state index < -0.39 is 0 Å². The zero-order chi connectivity index (χ0) is 17.8. The molecule has 0 saturated heterocycles. The second kappa shape index (κ2) is 7.71. The van der Waals surface area contributed by atoms with Gasteiger partial charge in [-0.25, -0.2) is 0 Å². The van der Waals surface area contributed by atoms with Gasteiger partial charge in [0.1, 0.15) is 0 Å². The number of fused-ring (bicyclic) bond motifs is 1. The van der Waals surface area contributed by atoms with Crippen molar-refractivity contribution in [1.29, 1.82) is 0 Å². The molecule has 134 valence electrons. The number of methoxy groups -OCH3 is 1. The van der Waals surface area contributed by atoms with Gasteiger partial charge in [-0.3, -0.25) is 9.90 Å². The lowest BCUT2D eigenvalue weighted by atomic mass is 9.82. The highest BCUT2D eigenvalue weighted by Crippen LogP contribution is 2.37. The van der Waals surface area contributed by atoms with Gasteiger partial charge in [0, 0.05) is 32.7 Å². The molecule has 1 aliphatic rings. The van der Waals surface area contributed by atoms with Crippen molar-refractivity contribution in [2.75, 3.05) is 14.2 Å². The van der Waals surface area contributed by atoms with Gasteiger partial charge in [0.15, 0.2) is 0 Å². The smallest absolute Gasteiger partial charge is 0.0934 e. The summed E-state index contributed by atoms with van der Waals surface area (Å²) in [4.78, 5) is 6.23. The third kappa shape index (κ3) is 4.61. The van der Waals surface area contributed by atoms with E-state index in [-0.39, 0.29) is 11.2 Å². The molecule has 1 atom stereocenters. The molecular weight excluding hydrogens is 298 g/mol. The van der Waals surface area contributed by atoms with Gasteiger partial charge in [0.05, 0.1) is 11.2 Å². The molecule has 3 nitrogen and oxygen atoms in total. The molecule has 1 unspecified atom stereocenters. The summed E-state index contributed by atoms with van der Waals surface area (Å²) in [5.41, 5.74) is 3.54. The maximum Gasteiger partial charge on any atom is 0.0934 e. The fourth-order valence-corrected chi connectivity index (χ4v) is 3.84. The van der Waals surface area contributed by atoms with Crippen LogP contribution in [-0.2, 0) is 22.4 Å². The van der Waals surface area contributed by atoms with Crippen molar-refractivity contribution in [2.45, 2.75) is 71.0 Å². The number of allylic oxidation sites excluding steroid dienone is 2. The van der Waals surface area contributed by atoms with E-state index in [0.29, 0.717) is 0 Å². The summed E-state index contributed by atoms with van der Waals surface area (Å²) in [5.74, 6) is 0. The van der Waals surface area contributed by atoms with Crippen LogP contribution in [0.15, 0.2) is 36.0 Å². The first-order valence-corrected chi connectivity index (χ1v) is 8.98. The molecule has 0 radical (unpaired) electrons. The molecule has 0 spiro atoms. The molecule has 0 amide bonds. The van der Waals surface area contributed by atoms with E-state index in [1.807, 2.05) is 26.1 Å². The average molecular weight is 332 g/mol. The number of hydroxylamine groups is 2. The SMILES string of the molecule is CC=C(C)N(C)OC(C)(C)CC1(OC)CCCc2ccccc2C1.